The highest BCUT2D eigenvalue weighted by molar-refractivity contribution is 7.98. The first kappa shape index (κ1) is 12.3. The van der Waals surface area contributed by atoms with E-state index in [1.54, 1.807) is 11.8 Å². The van der Waals surface area contributed by atoms with Gasteiger partial charge < -0.3 is 22.2 Å². The molecule has 0 atom stereocenters. The van der Waals surface area contributed by atoms with Gasteiger partial charge in [0, 0.05) is 22.0 Å². The molecule has 0 aliphatic carbocycles. The smallest absolute Gasteiger partial charge is 0.223 e. The number of nitrogens with zero attached hydrogens (tertiary/aromatic N) is 2. The van der Waals surface area contributed by atoms with Gasteiger partial charge in [0.25, 0.3) is 0 Å². The van der Waals surface area contributed by atoms with Crippen LogP contribution in [0.3, 0.4) is 0 Å². The highest BCUT2D eigenvalue weighted by Crippen LogP contribution is 2.29. The lowest BCUT2D eigenvalue weighted by atomic mass is 10.2. The third-order valence-corrected chi connectivity index (χ3v) is 3.11. The van der Waals surface area contributed by atoms with Crippen molar-refractivity contribution in [2.75, 3.05) is 6.26 Å². The highest BCUT2D eigenvalue weighted by atomic mass is 32.2. The summed E-state index contributed by atoms with van der Waals surface area (Å²) in [6.45, 7) is 0. The monoisotopic (exact) mass is 262 g/mol. The number of nitrogens with one attached hydrogen (secondary N) is 1. The van der Waals surface area contributed by atoms with Gasteiger partial charge in [-0.15, -0.1) is 11.8 Å². The Morgan fingerprint density at radius 1 is 1.28 bits per heavy atom. The van der Waals surface area contributed by atoms with Crippen LogP contribution in [-0.4, -0.2) is 23.2 Å². The molecule has 0 spiro atoms. The van der Waals surface area contributed by atoms with Crippen molar-refractivity contribution in [3.63, 3.8) is 0 Å². The third kappa shape index (κ3) is 2.57. The first-order chi connectivity index (χ1) is 8.60. The lowest BCUT2D eigenvalue weighted by molar-refractivity contribution is 1.38. The van der Waals surface area contributed by atoms with Crippen LogP contribution in [-0.2, 0) is 0 Å². The van der Waals surface area contributed by atoms with Gasteiger partial charge in [0.1, 0.15) is 0 Å². The minimum Gasteiger partial charge on any atom is -0.370 e. The van der Waals surface area contributed by atoms with Crippen LogP contribution in [0.15, 0.2) is 39.3 Å². The SMILES string of the molecule is CSc1c[nH]c2ccc(N=C(N)N=C(N)N)cc12. The van der Waals surface area contributed by atoms with E-state index in [1.807, 2.05) is 30.7 Å². The molecule has 1 heterocycles. The molecule has 7 N–H and O–H groups in total. The maximum Gasteiger partial charge on any atom is 0.223 e. The maximum atomic E-state index is 5.59. The molecule has 1 aromatic heterocycles. The van der Waals surface area contributed by atoms with E-state index >= 15 is 0 Å². The van der Waals surface area contributed by atoms with Gasteiger partial charge in [0.15, 0.2) is 5.96 Å². The number of aliphatic imine (C=N–C) groups is 2. The van der Waals surface area contributed by atoms with E-state index in [-0.39, 0.29) is 11.9 Å². The van der Waals surface area contributed by atoms with Crippen LogP contribution in [0.5, 0.6) is 0 Å². The molecular weight excluding hydrogens is 248 g/mol. The average molecular weight is 262 g/mol. The molecule has 0 aliphatic rings. The molecule has 18 heavy (non-hydrogen) atoms. The molecule has 0 radical (unpaired) electrons. The minimum absolute atomic E-state index is 0.0376. The topological polar surface area (TPSA) is 119 Å². The second-order valence-electron chi connectivity index (χ2n) is 3.59. The van der Waals surface area contributed by atoms with E-state index in [4.69, 9.17) is 17.2 Å². The Balaban J connectivity index is 2.43. The van der Waals surface area contributed by atoms with Crippen molar-refractivity contribution < 1.29 is 0 Å². The predicted octanol–water partition coefficient (Wildman–Crippen LogP) is 1.11. The summed E-state index contributed by atoms with van der Waals surface area (Å²) in [4.78, 5) is 12.1. The molecule has 7 heteroatoms. The number of H-pyrrole nitrogens is 1. The number of nitrogens with two attached hydrogens (primary N) is 3. The largest absolute Gasteiger partial charge is 0.370 e. The molecule has 1 aromatic carbocycles. The number of fused-ring (bicyclic) bond motifs is 1. The van der Waals surface area contributed by atoms with Gasteiger partial charge in [0.2, 0.25) is 5.96 Å². The van der Waals surface area contributed by atoms with Crippen molar-refractivity contribution in [3.05, 3.63) is 24.4 Å². The van der Waals surface area contributed by atoms with Gasteiger partial charge in [-0.25, -0.2) is 4.99 Å². The molecule has 0 saturated heterocycles. The Morgan fingerprint density at radius 2 is 2.06 bits per heavy atom. The Morgan fingerprint density at radius 3 is 2.72 bits per heavy atom. The van der Waals surface area contributed by atoms with Gasteiger partial charge in [-0.2, -0.15) is 4.99 Å². The summed E-state index contributed by atoms with van der Waals surface area (Å²) in [7, 11) is 0. The summed E-state index contributed by atoms with van der Waals surface area (Å²) in [6, 6.07) is 5.72. The van der Waals surface area contributed by atoms with Crippen molar-refractivity contribution in [2.45, 2.75) is 4.90 Å². The molecule has 0 aliphatic heterocycles. The van der Waals surface area contributed by atoms with Gasteiger partial charge in [-0.1, -0.05) is 0 Å². The summed E-state index contributed by atoms with van der Waals surface area (Å²) in [5, 5.41) is 1.10. The number of rotatable bonds is 2. The fourth-order valence-corrected chi connectivity index (χ4v) is 2.18. The normalized spacial score (nSPS) is 11.7. The van der Waals surface area contributed by atoms with Crippen LogP contribution < -0.4 is 17.2 Å². The van der Waals surface area contributed by atoms with Crippen LogP contribution in [0.4, 0.5) is 5.69 Å². The van der Waals surface area contributed by atoms with E-state index in [0.29, 0.717) is 5.69 Å². The number of aromatic amines is 1. The standard InChI is InChI=1S/C11H14N6S/c1-18-9-5-15-8-3-2-6(4-7(8)9)16-11(14)17-10(12)13/h2-5,15H,1H3,(H6,12,13,14,16,17). The number of hydrogen-bond donors (Lipinski definition) is 4. The molecule has 94 valence electrons. The lowest BCUT2D eigenvalue weighted by Gasteiger charge is -1.98. The zero-order valence-electron chi connectivity index (χ0n) is 9.84. The van der Waals surface area contributed by atoms with Crippen molar-refractivity contribution in [1.82, 2.24) is 4.98 Å². The first-order valence-electron chi connectivity index (χ1n) is 5.19. The molecule has 0 bridgehead atoms. The lowest BCUT2D eigenvalue weighted by Crippen LogP contribution is -2.26. The molecule has 2 rings (SSSR count). The van der Waals surface area contributed by atoms with Crippen LogP contribution in [0, 0.1) is 0 Å². The second kappa shape index (κ2) is 5.01. The molecule has 0 saturated carbocycles. The second-order valence-corrected chi connectivity index (χ2v) is 4.44. The van der Waals surface area contributed by atoms with Crippen molar-refractivity contribution >= 4 is 40.3 Å². The number of thioether (sulfide) groups is 1. The number of aromatic nitrogens is 1. The van der Waals surface area contributed by atoms with Gasteiger partial charge in [-0.05, 0) is 24.5 Å². The summed E-state index contributed by atoms with van der Waals surface area (Å²) < 4.78 is 0. The zero-order valence-corrected chi connectivity index (χ0v) is 10.7. The van der Waals surface area contributed by atoms with Gasteiger partial charge in [0.05, 0.1) is 5.69 Å². The average Bonchev–Trinajstić information content (AvgIpc) is 2.70. The zero-order chi connectivity index (χ0) is 13.1. The first-order valence-corrected chi connectivity index (χ1v) is 6.41. The van der Waals surface area contributed by atoms with Gasteiger partial charge in [-0.3, -0.25) is 0 Å². The summed E-state index contributed by atoms with van der Waals surface area (Å²) in [5.74, 6) is -0.0700. The van der Waals surface area contributed by atoms with Crippen LogP contribution in [0.2, 0.25) is 0 Å². The van der Waals surface area contributed by atoms with Crippen LogP contribution in [0.1, 0.15) is 0 Å². The number of hydrogen-bond acceptors (Lipinski definition) is 2. The number of benzene rings is 1. The van der Waals surface area contributed by atoms with E-state index in [9.17, 15) is 0 Å². The Kier molecular flexibility index (Phi) is 3.42. The van der Waals surface area contributed by atoms with E-state index < -0.39 is 0 Å². The Labute approximate surface area is 108 Å². The van der Waals surface area contributed by atoms with Crippen molar-refractivity contribution in [3.8, 4) is 0 Å². The fourth-order valence-electron chi connectivity index (χ4n) is 1.61. The predicted molar refractivity (Wildman–Crippen MR) is 77.2 cm³/mol. The third-order valence-electron chi connectivity index (χ3n) is 2.33. The molecular formula is C11H14N6S. The molecule has 0 fully saturated rings. The molecule has 6 nitrogen and oxygen atoms in total. The van der Waals surface area contributed by atoms with Gasteiger partial charge >= 0.3 is 0 Å². The van der Waals surface area contributed by atoms with E-state index in [2.05, 4.69) is 15.0 Å². The summed E-state index contributed by atoms with van der Waals surface area (Å²) in [6.07, 6.45) is 3.98. The van der Waals surface area contributed by atoms with Crippen molar-refractivity contribution in [1.29, 1.82) is 0 Å². The Bertz CT molecular complexity index is 623. The highest BCUT2D eigenvalue weighted by Gasteiger charge is 2.03. The Hall–Kier alpha value is -2.15. The summed E-state index contributed by atoms with van der Waals surface area (Å²) in [5.41, 5.74) is 17.8. The minimum atomic E-state index is -0.108. The van der Waals surface area contributed by atoms with Crippen molar-refractivity contribution in [2.24, 2.45) is 27.2 Å². The van der Waals surface area contributed by atoms with Crippen LogP contribution >= 0.6 is 11.8 Å². The van der Waals surface area contributed by atoms with Crippen LogP contribution in [0.25, 0.3) is 10.9 Å². The van der Waals surface area contributed by atoms with E-state index in [0.717, 1.165) is 15.8 Å². The van der Waals surface area contributed by atoms with E-state index in [1.165, 1.54) is 0 Å². The molecule has 2 aromatic rings. The fraction of sp³-hybridized carbons (Fsp3) is 0.0909. The quantitative estimate of drug-likeness (QED) is 0.368. The number of guanidine groups is 2. The molecule has 0 unspecified atom stereocenters. The maximum absolute atomic E-state index is 5.59. The summed E-state index contributed by atoms with van der Waals surface area (Å²) >= 11 is 1.66. The molecule has 0 amide bonds.